The lowest BCUT2D eigenvalue weighted by Crippen LogP contribution is -2.29. The molecule has 0 unspecified atom stereocenters. The third-order valence-corrected chi connectivity index (χ3v) is 5.26. The van der Waals surface area contributed by atoms with Crippen molar-refractivity contribution in [3.05, 3.63) is 80.8 Å². The molecule has 1 aliphatic heterocycles. The van der Waals surface area contributed by atoms with Crippen molar-refractivity contribution in [2.24, 2.45) is 0 Å². The zero-order valence-corrected chi connectivity index (χ0v) is 16.9. The minimum Gasteiger partial charge on any atom is -0.476 e. The molecule has 1 amide bonds. The number of nitrogens with zero attached hydrogens (tertiary/aromatic N) is 3. The number of hydrogen-bond donors (Lipinski definition) is 1. The maximum atomic E-state index is 13.3. The molecule has 3 aromatic rings. The SMILES string of the molecule is O=CN1C/C(=C\c2ccc(F)cc2)c2c(c(C(=O)O)nn2-c2ccc(Cl)cc2Cl)C1. The number of aromatic carboxylic acids is 1. The largest absolute Gasteiger partial charge is 0.476 e. The van der Waals surface area contributed by atoms with Crippen LogP contribution in [0.3, 0.4) is 0 Å². The standard InChI is InChI=1S/C21H14Cl2FN3O3/c22-14-3-6-18(17(23)8-14)27-20-13(7-12-1-4-15(24)5-2-12)9-26(11-28)10-16(20)19(25-27)21(29)30/h1-8,11H,9-10H2,(H,29,30)/b13-7+. The molecule has 0 fully saturated rings. The van der Waals surface area contributed by atoms with Gasteiger partial charge < -0.3 is 10.0 Å². The lowest BCUT2D eigenvalue weighted by Gasteiger charge is -2.26. The van der Waals surface area contributed by atoms with Crippen molar-refractivity contribution in [2.75, 3.05) is 6.54 Å². The maximum Gasteiger partial charge on any atom is 0.356 e. The van der Waals surface area contributed by atoms with Gasteiger partial charge in [-0.2, -0.15) is 5.10 Å². The van der Waals surface area contributed by atoms with Crippen LogP contribution in [0.15, 0.2) is 42.5 Å². The number of carboxylic acid groups (broad SMARTS) is 1. The Labute approximate surface area is 180 Å². The molecule has 0 bridgehead atoms. The Bertz CT molecular complexity index is 1190. The fourth-order valence-corrected chi connectivity index (χ4v) is 3.92. The van der Waals surface area contributed by atoms with Crippen molar-refractivity contribution in [3.63, 3.8) is 0 Å². The average molecular weight is 446 g/mol. The van der Waals surface area contributed by atoms with Crippen LogP contribution in [-0.2, 0) is 11.3 Å². The van der Waals surface area contributed by atoms with Crippen LogP contribution < -0.4 is 0 Å². The first kappa shape index (κ1) is 20.1. The summed E-state index contributed by atoms with van der Waals surface area (Å²) in [5, 5.41) is 14.7. The molecule has 152 valence electrons. The van der Waals surface area contributed by atoms with Crippen molar-refractivity contribution < 1.29 is 19.1 Å². The maximum absolute atomic E-state index is 13.3. The van der Waals surface area contributed by atoms with Crippen molar-refractivity contribution >= 4 is 47.2 Å². The number of benzene rings is 2. The van der Waals surface area contributed by atoms with E-state index in [9.17, 15) is 19.1 Å². The topological polar surface area (TPSA) is 75.4 Å². The van der Waals surface area contributed by atoms with Gasteiger partial charge in [0.05, 0.1) is 22.9 Å². The van der Waals surface area contributed by atoms with E-state index < -0.39 is 5.97 Å². The van der Waals surface area contributed by atoms with E-state index in [0.29, 0.717) is 44.5 Å². The van der Waals surface area contributed by atoms with Crippen molar-refractivity contribution in [2.45, 2.75) is 6.54 Å². The second-order valence-electron chi connectivity index (χ2n) is 6.72. The molecular formula is C21H14Cl2FN3O3. The average Bonchev–Trinajstić information content (AvgIpc) is 3.09. The van der Waals surface area contributed by atoms with E-state index in [-0.39, 0.29) is 24.6 Å². The summed E-state index contributed by atoms with van der Waals surface area (Å²) < 4.78 is 14.7. The molecule has 0 radical (unpaired) electrons. The Morgan fingerprint density at radius 2 is 1.87 bits per heavy atom. The molecule has 0 saturated heterocycles. The van der Waals surface area contributed by atoms with E-state index >= 15 is 0 Å². The van der Waals surface area contributed by atoms with Crippen LogP contribution in [0.4, 0.5) is 4.39 Å². The van der Waals surface area contributed by atoms with E-state index in [1.54, 1.807) is 30.3 Å². The van der Waals surface area contributed by atoms with Crippen molar-refractivity contribution in [3.8, 4) is 5.69 Å². The fourth-order valence-electron chi connectivity index (χ4n) is 3.43. The van der Waals surface area contributed by atoms with E-state index in [0.717, 1.165) is 0 Å². The molecule has 0 spiro atoms. The van der Waals surface area contributed by atoms with Gasteiger partial charge in [-0.25, -0.2) is 13.9 Å². The zero-order chi connectivity index (χ0) is 21.4. The van der Waals surface area contributed by atoms with Gasteiger partial charge >= 0.3 is 5.97 Å². The Balaban J connectivity index is 1.97. The van der Waals surface area contributed by atoms with Gasteiger partial charge in [0.1, 0.15) is 5.82 Å². The highest BCUT2D eigenvalue weighted by molar-refractivity contribution is 6.35. The van der Waals surface area contributed by atoms with Gasteiger partial charge in [0.25, 0.3) is 0 Å². The first-order chi connectivity index (χ1) is 14.4. The molecule has 4 rings (SSSR count). The first-order valence-corrected chi connectivity index (χ1v) is 9.59. The number of carbonyl (C=O) groups is 2. The lowest BCUT2D eigenvalue weighted by atomic mass is 9.98. The fraction of sp³-hybridized carbons (Fsp3) is 0.0952. The molecular weight excluding hydrogens is 432 g/mol. The van der Waals surface area contributed by atoms with Crippen LogP contribution >= 0.6 is 23.2 Å². The highest BCUT2D eigenvalue weighted by Crippen LogP contribution is 2.35. The molecule has 0 atom stereocenters. The lowest BCUT2D eigenvalue weighted by molar-refractivity contribution is -0.118. The summed E-state index contributed by atoms with van der Waals surface area (Å²) in [4.78, 5) is 24.8. The molecule has 2 aromatic carbocycles. The Morgan fingerprint density at radius 1 is 1.13 bits per heavy atom. The van der Waals surface area contributed by atoms with Crippen LogP contribution in [0.2, 0.25) is 10.0 Å². The number of rotatable bonds is 4. The highest BCUT2D eigenvalue weighted by atomic mass is 35.5. The molecule has 1 N–H and O–H groups in total. The molecule has 1 aliphatic rings. The van der Waals surface area contributed by atoms with E-state index in [4.69, 9.17) is 23.2 Å². The van der Waals surface area contributed by atoms with Crippen molar-refractivity contribution in [1.82, 2.24) is 14.7 Å². The molecule has 1 aromatic heterocycles. The Kier molecular flexibility index (Phi) is 5.32. The van der Waals surface area contributed by atoms with Gasteiger partial charge in [0, 0.05) is 17.1 Å². The van der Waals surface area contributed by atoms with Gasteiger partial charge in [-0.3, -0.25) is 4.79 Å². The molecule has 6 nitrogen and oxygen atoms in total. The monoisotopic (exact) mass is 445 g/mol. The number of carbonyl (C=O) groups excluding carboxylic acids is 1. The molecule has 2 heterocycles. The van der Waals surface area contributed by atoms with Crippen LogP contribution in [0.5, 0.6) is 0 Å². The zero-order valence-electron chi connectivity index (χ0n) is 15.3. The summed E-state index contributed by atoms with van der Waals surface area (Å²) in [6, 6.07) is 10.6. The Morgan fingerprint density at radius 3 is 2.50 bits per heavy atom. The van der Waals surface area contributed by atoms with E-state index in [2.05, 4.69) is 5.10 Å². The number of halogens is 3. The minimum atomic E-state index is -1.22. The third-order valence-electron chi connectivity index (χ3n) is 4.72. The number of carboxylic acids is 1. The third kappa shape index (κ3) is 3.69. The summed E-state index contributed by atoms with van der Waals surface area (Å²) in [5.74, 6) is -1.59. The van der Waals surface area contributed by atoms with Gasteiger partial charge in [0.15, 0.2) is 5.69 Å². The summed E-state index contributed by atoms with van der Waals surface area (Å²) in [6.45, 7) is 0.316. The first-order valence-electron chi connectivity index (χ1n) is 8.84. The second kappa shape index (κ2) is 7.93. The summed E-state index contributed by atoms with van der Waals surface area (Å²) >= 11 is 12.4. The van der Waals surface area contributed by atoms with Crippen LogP contribution in [0, 0.1) is 5.82 Å². The predicted molar refractivity (Wildman–Crippen MR) is 111 cm³/mol. The minimum absolute atomic E-state index is 0.0897. The van der Waals surface area contributed by atoms with E-state index in [1.807, 2.05) is 0 Å². The second-order valence-corrected chi connectivity index (χ2v) is 7.56. The smallest absolute Gasteiger partial charge is 0.356 e. The molecule has 0 aliphatic carbocycles. The van der Waals surface area contributed by atoms with Gasteiger partial charge in [-0.15, -0.1) is 0 Å². The van der Waals surface area contributed by atoms with Gasteiger partial charge in [0.2, 0.25) is 6.41 Å². The quantitative estimate of drug-likeness (QED) is 0.598. The van der Waals surface area contributed by atoms with Gasteiger partial charge in [-0.1, -0.05) is 35.3 Å². The van der Waals surface area contributed by atoms with Crippen LogP contribution in [-0.4, -0.2) is 38.7 Å². The number of fused-ring (bicyclic) bond motifs is 1. The molecule has 9 heteroatoms. The predicted octanol–water partition coefficient (Wildman–Crippen LogP) is 4.53. The Hall–Kier alpha value is -3.16. The van der Waals surface area contributed by atoms with E-state index in [1.165, 1.54) is 27.8 Å². The molecule has 30 heavy (non-hydrogen) atoms. The van der Waals surface area contributed by atoms with Crippen LogP contribution in [0.1, 0.15) is 27.3 Å². The summed E-state index contributed by atoms with van der Waals surface area (Å²) in [5.41, 5.74) is 2.53. The van der Waals surface area contributed by atoms with Crippen molar-refractivity contribution in [1.29, 1.82) is 0 Å². The highest BCUT2D eigenvalue weighted by Gasteiger charge is 2.31. The number of amides is 1. The number of hydrogen-bond acceptors (Lipinski definition) is 3. The summed E-state index contributed by atoms with van der Waals surface area (Å²) in [6.07, 6.45) is 2.42. The van der Waals surface area contributed by atoms with Gasteiger partial charge in [-0.05, 0) is 47.5 Å². The summed E-state index contributed by atoms with van der Waals surface area (Å²) in [7, 11) is 0. The molecule has 0 saturated carbocycles. The van der Waals surface area contributed by atoms with Crippen LogP contribution in [0.25, 0.3) is 17.3 Å². The number of aromatic nitrogens is 2. The normalized spacial score (nSPS) is 14.6.